The zero-order valence-corrected chi connectivity index (χ0v) is 11.5. The minimum atomic E-state index is -4.09. The van der Waals surface area contributed by atoms with E-state index in [0.29, 0.717) is 0 Å². The standard InChI is InChI=1S/C11H13N3O5S/c1-8-11(15)12-6-7-13(8)20(18,19)10-5-3-2-4-9(10)14(16)17/h2-5,8H,6-7H2,1H3,(H,12,15). The Balaban J connectivity index is 2.50. The van der Waals surface area contributed by atoms with Gasteiger partial charge in [0.1, 0.15) is 6.04 Å². The number of rotatable bonds is 3. The summed E-state index contributed by atoms with van der Waals surface area (Å²) in [5.41, 5.74) is -0.495. The van der Waals surface area contributed by atoms with Gasteiger partial charge in [0.05, 0.1) is 4.92 Å². The molecule has 1 N–H and O–H groups in total. The van der Waals surface area contributed by atoms with Gasteiger partial charge < -0.3 is 5.32 Å². The van der Waals surface area contributed by atoms with E-state index < -0.39 is 37.5 Å². The molecule has 9 heteroatoms. The molecule has 2 rings (SSSR count). The fourth-order valence-corrected chi connectivity index (χ4v) is 3.80. The maximum atomic E-state index is 12.5. The molecule has 0 spiro atoms. The number of piperazine rings is 1. The third-order valence-electron chi connectivity index (χ3n) is 3.09. The van der Waals surface area contributed by atoms with Crippen molar-refractivity contribution in [1.29, 1.82) is 0 Å². The van der Waals surface area contributed by atoms with E-state index in [1.54, 1.807) is 0 Å². The van der Waals surface area contributed by atoms with E-state index >= 15 is 0 Å². The highest BCUT2D eigenvalue weighted by molar-refractivity contribution is 7.89. The Labute approximate surface area is 115 Å². The normalized spacial score (nSPS) is 20.4. The summed E-state index contributed by atoms with van der Waals surface area (Å²) in [5, 5.41) is 13.5. The molecule has 0 saturated carbocycles. The first-order valence-electron chi connectivity index (χ1n) is 5.88. The summed E-state index contributed by atoms with van der Waals surface area (Å²) in [4.78, 5) is 21.3. The second-order valence-electron chi connectivity index (χ2n) is 4.31. The maximum Gasteiger partial charge on any atom is 0.289 e. The lowest BCUT2D eigenvalue weighted by Crippen LogP contribution is -2.55. The van der Waals surface area contributed by atoms with Gasteiger partial charge in [-0.3, -0.25) is 14.9 Å². The van der Waals surface area contributed by atoms with Crippen LogP contribution in [0.5, 0.6) is 0 Å². The Morgan fingerprint density at radius 3 is 2.70 bits per heavy atom. The number of amides is 1. The largest absolute Gasteiger partial charge is 0.353 e. The Kier molecular flexibility index (Phi) is 3.73. The number of hydrogen-bond donors (Lipinski definition) is 1. The number of carbonyl (C=O) groups excluding carboxylic acids is 1. The minimum absolute atomic E-state index is 0.0846. The van der Waals surface area contributed by atoms with E-state index in [0.717, 1.165) is 10.4 Å². The van der Waals surface area contributed by atoms with Crippen molar-refractivity contribution in [2.24, 2.45) is 0 Å². The molecule has 0 aromatic heterocycles. The van der Waals surface area contributed by atoms with Crippen LogP contribution in [0.4, 0.5) is 5.69 Å². The van der Waals surface area contributed by atoms with Gasteiger partial charge in [-0.1, -0.05) is 12.1 Å². The van der Waals surface area contributed by atoms with Gasteiger partial charge in [-0.05, 0) is 13.0 Å². The fourth-order valence-electron chi connectivity index (χ4n) is 2.04. The van der Waals surface area contributed by atoms with Crippen LogP contribution in [-0.4, -0.2) is 42.7 Å². The zero-order chi connectivity index (χ0) is 14.9. The second kappa shape index (κ2) is 5.17. The summed E-state index contributed by atoms with van der Waals surface area (Å²) in [6, 6.07) is 4.21. The number of nitro groups is 1. The van der Waals surface area contributed by atoms with Crippen LogP contribution in [-0.2, 0) is 14.8 Å². The van der Waals surface area contributed by atoms with Crippen molar-refractivity contribution in [2.75, 3.05) is 13.1 Å². The molecule has 1 atom stereocenters. The van der Waals surface area contributed by atoms with Crippen LogP contribution < -0.4 is 5.32 Å². The van der Waals surface area contributed by atoms with Gasteiger partial charge in [-0.25, -0.2) is 8.42 Å². The van der Waals surface area contributed by atoms with Crippen LogP contribution in [0.2, 0.25) is 0 Å². The molecule has 1 unspecified atom stereocenters. The van der Waals surface area contributed by atoms with Crippen LogP contribution in [0.3, 0.4) is 0 Å². The van der Waals surface area contributed by atoms with Gasteiger partial charge in [0, 0.05) is 19.2 Å². The lowest BCUT2D eigenvalue weighted by atomic mass is 10.2. The molecule has 0 bridgehead atoms. The average Bonchev–Trinajstić information content (AvgIpc) is 2.41. The quantitative estimate of drug-likeness (QED) is 0.629. The SMILES string of the molecule is CC1C(=O)NCCN1S(=O)(=O)c1ccccc1[N+](=O)[O-]. The molecule has 1 aromatic carbocycles. The van der Waals surface area contributed by atoms with Crippen molar-refractivity contribution in [2.45, 2.75) is 17.9 Å². The van der Waals surface area contributed by atoms with Crippen LogP contribution in [0, 0.1) is 10.1 Å². The van der Waals surface area contributed by atoms with Crippen LogP contribution >= 0.6 is 0 Å². The third kappa shape index (κ3) is 2.37. The monoisotopic (exact) mass is 299 g/mol. The Morgan fingerprint density at radius 2 is 2.05 bits per heavy atom. The van der Waals surface area contributed by atoms with Crippen molar-refractivity contribution in [3.8, 4) is 0 Å². The summed E-state index contributed by atoms with van der Waals surface area (Å²) in [6.07, 6.45) is 0. The van der Waals surface area contributed by atoms with Gasteiger partial charge >= 0.3 is 0 Å². The van der Waals surface area contributed by atoms with Crippen LogP contribution in [0.25, 0.3) is 0 Å². The van der Waals surface area contributed by atoms with E-state index in [2.05, 4.69) is 5.32 Å². The van der Waals surface area contributed by atoms with Crippen molar-refractivity contribution in [3.05, 3.63) is 34.4 Å². The minimum Gasteiger partial charge on any atom is -0.353 e. The molecular formula is C11H13N3O5S. The van der Waals surface area contributed by atoms with Crippen molar-refractivity contribution in [1.82, 2.24) is 9.62 Å². The molecule has 8 nitrogen and oxygen atoms in total. The van der Waals surface area contributed by atoms with Crippen molar-refractivity contribution < 1.29 is 18.1 Å². The molecule has 20 heavy (non-hydrogen) atoms. The molecule has 1 saturated heterocycles. The topological polar surface area (TPSA) is 110 Å². The lowest BCUT2D eigenvalue weighted by Gasteiger charge is -2.31. The third-order valence-corrected chi connectivity index (χ3v) is 5.11. The highest BCUT2D eigenvalue weighted by Gasteiger charge is 2.38. The number of hydrogen-bond acceptors (Lipinski definition) is 5. The molecule has 1 aromatic rings. The predicted molar refractivity (Wildman–Crippen MR) is 69.5 cm³/mol. The summed E-state index contributed by atoms with van der Waals surface area (Å²) in [5.74, 6) is -0.418. The molecule has 1 aliphatic heterocycles. The van der Waals surface area contributed by atoms with E-state index in [1.165, 1.54) is 25.1 Å². The number of para-hydroxylation sites is 1. The predicted octanol–water partition coefficient (Wildman–Crippen LogP) is 0.104. The molecule has 1 aliphatic rings. The lowest BCUT2D eigenvalue weighted by molar-refractivity contribution is -0.387. The molecule has 1 heterocycles. The Hall–Kier alpha value is -2.00. The van der Waals surface area contributed by atoms with Crippen molar-refractivity contribution in [3.63, 3.8) is 0 Å². The molecule has 1 fully saturated rings. The van der Waals surface area contributed by atoms with E-state index in [1.807, 2.05) is 0 Å². The molecule has 1 amide bonds. The number of nitro benzene ring substituents is 1. The maximum absolute atomic E-state index is 12.5. The number of carbonyl (C=O) groups is 1. The first-order valence-corrected chi connectivity index (χ1v) is 7.32. The highest BCUT2D eigenvalue weighted by atomic mass is 32.2. The summed E-state index contributed by atoms with van der Waals surface area (Å²) < 4.78 is 26.0. The highest BCUT2D eigenvalue weighted by Crippen LogP contribution is 2.27. The molecular weight excluding hydrogens is 286 g/mol. The smallest absolute Gasteiger partial charge is 0.289 e. The summed E-state index contributed by atoms with van der Waals surface area (Å²) >= 11 is 0. The zero-order valence-electron chi connectivity index (χ0n) is 10.6. The number of sulfonamides is 1. The number of nitrogens with zero attached hydrogens (tertiary/aromatic N) is 2. The van der Waals surface area contributed by atoms with Crippen LogP contribution in [0.15, 0.2) is 29.2 Å². The summed E-state index contributed by atoms with van der Waals surface area (Å²) in [7, 11) is -4.09. The van der Waals surface area contributed by atoms with Gasteiger partial charge in [-0.2, -0.15) is 4.31 Å². The van der Waals surface area contributed by atoms with Crippen molar-refractivity contribution >= 4 is 21.6 Å². The fraction of sp³-hybridized carbons (Fsp3) is 0.364. The number of benzene rings is 1. The van der Waals surface area contributed by atoms with Gasteiger partial charge in [0.15, 0.2) is 4.90 Å². The van der Waals surface area contributed by atoms with Gasteiger partial charge in [0.25, 0.3) is 15.7 Å². The van der Waals surface area contributed by atoms with E-state index in [4.69, 9.17) is 0 Å². The van der Waals surface area contributed by atoms with E-state index in [9.17, 15) is 23.3 Å². The number of nitrogens with one attached hydrogen (secondary N) is 1. The Morgan fingerprint density at radius 1 is 1.40 bits per heavy atom. The average molecular weight is 299 g/mol. The Bertz CT molecular complexity index is 658. The molecule has 0 radical (unpaired) electrons. The second-order valence-corrected chi connectivity index (χ2v) is 6.17. The van der Waals surface area contributed by atoms with E-state index in [-0.39, 0.29) is 13.1 Å². The van der Waals surface area contributed by atoms with Gasteiger partial charge in [0.2, 0.25) is 5.91 Å². The first kappa shape index (κ1) is 14.4. The van der Waals surface area contributed by atoms with Gasteiger partial charge in [-0.15, -0.1) is 0 Å². The van der Waals surface area contributed by atoms with Crippen LogP contribution in [0.1, 0.15) is 6.92 Å². The molecule has 0 aliphatic carbocycles. The summed E-state index contributed by atoms with van der Waals surface area (Å²) in [6.45, 7) is 1.71. The first-order chi connectivity index (χ1) is 9.35. The molecule has 108 valence electrons.